The Balaban J connectivity index is 1.53. The maximum atomic E-state index is 13.4. The molecule has 1 fully saturated rings. The van der Waals surface area contributed by atoms with E-state index in [1.807, 2.05) is 16.7 Å². The average molecular weight is 566 g/mol. The van der Waals surface area contributed by atoms with E-state index in [1.165, 1.54) is 10.7 Å². The first-order chi connectivity index (χ1) is 19.8. The average Bonchev–Trinajstić information content (AvgIpc) is 3.20. The first-order valence-electron chi connectivity index (χ1n) is 13.3. The van der Waals surface area contributed by atoms with Crippen molar-refractivity contribution < 1.29 is 18.3 Å². The zero-order valence-electron chi connectivity index (χ0n) is 23.5. The van der Waals surface area contributed by atoms with Gasteiger partial charge >= 0.3 is 6.61 Å². The minimum absolute atomic E-state index is 0.0301. The van der Waals surface area contributed by atoms with Gasteiger partial charge in [0.15, 0.2) is 0 Å². The smallest absolute Gasteiger partial charge is 0.387 e. The molecule has 2 aromatic heterocycles. The number of anilines is 1. The number of rotatable bonds is 7. The van der Waals surface area contributed by atoms with Gasteiger partial charge in [0.2, 0.25) is 11.9 Å². The molecular formula is C28H27B3F2N6O3. The summed E-state index contributed by atoms with van der Waals surface area (Å²) in [7, 11) is 18.0. The van der Waals surface area contributed by atoms with Gasteiger partial charge in [-0.05, 0) is 42.8 Å². The molecule has 2 aromatic carbocycles. The predicted molar refractivity (Wildman–Crippen MR) is 158 cm³/mol. The molecule has 0 bridgehead atoms. The zero-order valence-corrected chi connectivity index (χ0v) is 23.5. The summed E-state index contributed by atoms with van der Waals surface area (Å²) in [5.41, 5.74) is 2.43. The molecule has 9 nitrogen and oxygen atoms in total. The summed E-state index contributed by atoms with van der Waals surface area (Å²) in [6, 6.07) is 9.90. The second-order valence-corrected chi connectivity index (χ2v) is 10.6. The van der Waals surface area contributed by atoms with E-state index in [4.69, 9.17) is 28.3 Å². The summed E-state index contributed by atoms with van der Waals surface area (Å²) in [5, 5.41) is -1.80. The summed E-state index contributed by atoms with van der Waals surface area (Å²) >= 11 is 0. The lowest BCUT2D eigenvalue weighted by atomic mass is 9.49. The van der Waals surface area contributed by atoms with Gasteiger partial charge in [-0.25, -0.2) is 9.97 Å². The van der Waals surface area contributed by atoms with Crippen LogP contribution in [0.4, 0.5) is 14.7 Å². The first kappa shape index (κ1) is 29.4. The number of amides is 1. The van der Waals surface area contributed by atoms with Crippen molar-refractivity contribution in [2.45, 2.75) is 45.2 Å². The number of piperazine rings is 1. The van der Waals surface area contributed by atoms with Gasteiger partial charge in [0.25, 0.3) is 5.56 Å². The molecule has 1 saturated heterocycles. The Bertz CT molecular complexity index is 1690. The quantitative estimate of drug-likeness (QED) is 0.320. The topological polar surface area (TPSA) is 85.5 Å². The monoisotopic (exact) mass is 566 g/mol. The highest BCUT2D eigenvalue weighted by molar-refractivity contribution is 6.56. The van der Waals surface area contributed by atoms with Gasteiger partial charge in [0, 0.05) is 56.1 Å². The van der Waals surface area contributed by atoms with Gasteiger partial charge in [0.1, 0.15) is 5.75 Å². The zero-order chi connectivity index (χ0) is 30.3. The fraction of sp³-hybridized carbons (Fsp3) is 0.357. The number of alkyl halides is 2. The number of aromatic nitrogens is 4. The van der Waals surface area contributed by atoms with E-state index in [1.54, 1.807) is 56.6 Å². The number of benzene rings is 2. The van der Waals surface area contributed by atoms with Crippen LogP contribution < -0.4 is 15.2 Å². The van der Waals surface area contributed by atoms with Crippen LogP contribution in [0.15, 0.2) is 53.6 Å². The molecule has 42 heavy (non-hydrogen) atoms. The van der Waals surface area contributed by atoms with Crippen LogP contribution in [0.3, 0.4) is 0 Å². The fourth-order valence-corrected chi connectivity index (χ4v) is 5.42. The highest BCUT2D eigenvalue weighted by atomic mass is 19.3. The lowest BCUT2D eigenvalue weighted by Crippen LogP contribution is -2.53. The first-order valence-corrected chi connectivity index (χ1v) is 13.3. The van der Waals surface area contributed by atoms with Gasteiger partial charge in [0.05, 0.1) is 41.0 Å². The predicted octanol–water partition coefficient (Wildman–Crippen LogP) is 2.35. The molecule has 0 unspecified atom stereocenters. The van der Waals surface area contributed by atoms with E-state index in [2.05, 4.69) is 9.97 Å². The van der Waals surface area contributed by atoms with Crippen molar-refractivity contribution in [1.29, 1.82) is 0 Å². The van der Waals surface area contributed by atoms with Crippen molar-refractivity contribution in [3.63, 3.8) is 0 Å². The number of hydrogen-bond donors (Lipinski definition) is 0. The van der Waals surface area contributed by atoms with Crippen molar-refractivity contribution >= 4 is 46.3 Å². The lowest BCUT2D eigenvalue weighted by molar-refractivity contribution is -0.131. The standard InChI is InChI=1S/C28H27B3F2N6O3/c1-16-4-7-24(42-26(32)33)20(10-16)15-38-23-11-19(5-6-22(23)25(41)39(38)28(29,30)31)21-12-34-27(35-13-21)36-8-9-37(18(3)40)17(2)14-36/h4-7,10-13,17,26H,8-9,14-15H2,1-3H3/t17-/m1/s1. The molecule has 0 aliphatic carbocycles. The van der Waals surface area contributed by atoms with E-state index >= 15 is 0 Å². The van der Waals surface area contributed by atoms with E-state index < -0.39 is 17.4 Å². The largest absolute Gasteiger partial charge is 0.434 e. The van der Waals surface area contributed by atoms with Crippen LogP contribution in [0.2, 0.25) is 0 Å². The summed E-state index contributed by atoms with van der Waals surface area (Å²) in [6.45, 7) is 4.05. The van der Waals surface area contributed by atoms with E-state index in [0.29, 0.717) is 47.8 Å². The molecule has 0 saturated carbocycles. The van der Waals surface area contributed by atoms with Gasteiger partial charge in [-0.15, -0.1) is 0 Å². The van der Waals surface area contributed by atoms with E-state index in [9.17, 15) is 18.4 Å². The Labute approximate surface area is 245 Å². The van der Waals surface area contributed by atoms with Crippen molar-refractivity contribution in [2.75, 3.05) is 24.5 Å². The Morgan fingerprint density at radius 3 is 2.43 bits per heavy atom. The van der Waals surface area contributed by atoms with Crippen molar-refractivity contribution in [3.8, 4) is 16.9 Å². The Morgan fingerprint density at radius 1 is 1.10 bits per heavy atom. The van der Waals surface area contributed by atoms with Crippen LogP contribution in [0.1, 0.15) is 25.0 Å². The Morgan fingerprint density at radius 2 is 1.81 bits per heavy atom. The molecule has 5 rings (SSSR count). The molecule has 4 aromatic rings. The SMILES string of the molecule is [B]C([B])([B])n1c(=O)c2ccc(-c3cnc(N4CCN(C(C)=O)[C@H](C)C4)nc3)cc2n1Cc1cc(C)ccc1OC(F)F. The van der Waals surface area contributed by atoms with Crippen LogP contribution in [0.25, 0.3) is 22.0 Å². The van der Waals surface area contributed by atoms with Gasteiger partial charge < -0.3 is 14.5 Å². The molecule has 0 spiro atoms. The van der Waals surface area contributed by atoms with Crippen molar-refractivity contribution in [1.82, 2.24) is 24.2 Å². The number of aryl methyl sites for hydroxylation is 1. The lowest BCUT2D eigenvalue weighted by Gasteiger charge is -2.39. The third kappa shape index (κ3) is 5.80. The molecule has 14 heteroatoms. The fourth-order valence-electron chi connectivity index (χ4n) is 5.42. The minimum Gasteiger partial charge on any atom is -0.434 e. The van der Waals surface area contributed by atoms with Crippen LogP contribution in [0.5, 0.6) is 5.75 Å². The second kappa shape index (κ2) is 11.3. The van der Waals surface area contributed by atoms with Crippen molar-refractivity contribution in [3.05, 3.63) is 70.3 Å². The molecule has 1 aliphatic heterocycles. The van der Waals surface area contributed by atoms with Crippen molar-refractivity contribution in [2.24, 2.45) is 0 Å². The van der Waals surface area contributed by atoms with Gasteiger partial charge in [-0.1, -0.05) is 23.8 Å². The normalized spacial score (nSPS) is 15.9. The second-order valence-electron chi connectivity index (χ2n) is 10.6. The molecule has 1 amide bonds. The highest BCUT2D eigenvalue weighted by Gasteiger charge is 2.27. The molecule has 210 valence electrons. The molecule has 1 atom stereocenters. The van der Waals surface area contributed by atoms with Crippen LogP contribution in [-0.4, -0.2) is 86.0 Å². The Kier molecular flexibility index (Phi) is 7.91. The summed E-state index contributed by atoms with van der Waals surface area (Å²) in [6.07, 6.45) is 3.36. The number of carbonyl (C=O) groups is 1. The molecule has 0 N–H and O–H groups in total. The highest BCUT2D eigenvalue weighted by Crippen LogP contribution is 2.28. The number of halogens is 2. The maximum Gasteiger partial charge on any atom is 0.387 e. The molecule has 1 aliphatic rings. The third-order valence-electron chi connectivity index (χ3n) is 7.35. The van der Waals surface area contributed by atoms with Gasteiger partial charge in [-0.2, -0.15) is 8.78 Å². The van der Waals surface area contributed by atoms with Crippen LogP contribution in [0, 0.1) is 6.92 Å². The van der Waals surface area contributed by atoms with E-state index in [-0.39, 0.29) is 29.6 Å². The number of nitrogens with zero attached hydrogens (tertiary/aromatic N) is 6. The molecular weight excluding hydrogens is 539 g/mol. The van der Waals surface area contributed by atoms with Crippen LogP contribution >= 0.6 is 0 Å². The summed E-state index contributed by atoms with van der Waals surface area (Å²) < 4.78 is 33.5. The van der Waals surface area contributed by atoms with Gasteiger partial charge in [-0.3, -0.25) is 19.0 Å². The third-order valence-corrected chi connectivity index (χ3v) is 7.35. The number of hydrogen-bond acceptors (Lipinski definition) is 6. The van der Waals surface area contributed by atoms with E-state index in [0.717, 1.165) is 10.2 Å². The number of ether oxygens (including phenoxy) is 1. The minimum atomic E-state index is -3.04. The summed E-state index contributed by atoms with van der Waals surface area (Å²) in [4.78, 5) is 38.2. The number of carbonyl (C=O) groups excluding carboxylic acids is 1. The molecule has 6 radical (unpaired) electrons. The Hall–Kier alpha value is -4.09. The molecule has 3 heterocycles. The number of fused-ring (bicyclic) bond motifs is 1. The summed E-state index contributed by atoms with van der Waals surface area (Å²) in [5.74, 6) is 0.535. The maximum absolute atomic E-state index is 13.4. The van der Waals surface area contributed by atoms with Crippen LogP contribution in [-0.2, 0) is 16.6 Å².